The van der Waals surface area contributed by atoms with Gasteiger partial charge in [-0.05, 0) is 37.6 Å². The van der Waals surface area contributed by atoms with Gasteiger partial charge in [0.25, 0.3) is 0 Å². The number of halogens is 4. The summed E-state index contributed by atoms with van der Waals surface area (Å²) in [5.41, 5.74) is 3.39. The molecule has 0 radical (unpaired) electrons. The van der Waals surface area contributed by atoms with Crippen LogP contribution in [0.5, 0.6) is 5.88 Å². The van der Waals surface area contributed by atoms with Crippen LogP contribution < -0.4 is 15.4 Å². The number of rotatable bonds is 10. The SMILES string of the molecule is CCCCOc1ccc2nc3cc(Cl)ccc3c(NCCNCC(C)Cl)c2n1.Cl.Cl. The van der Waals surface area contributed by atoms with Crippen molar-refractivity contribution in [1.82, 2.24) is 15.3 Å². The van der Waals surface area contributed by atoms with Gasteiger partial charge in [-0.2, -0.15) is 0 Å². The molecule has 0 fully saturated rings. The van der Waals surface area contributed by atoms with Gasteiger partial charge < -0.3 is 15.4 Å². The number of fused-ring (bicyclic) bond motifs is 2. The monoisotopic (exact) mass is 492 g/mol. The lowest BCUT2D eigenvalue weighted by Gasteiger charge is -2.14. The number of unbranched alkanes of at least 4 members (excludes halogenated alkanes) is 1. The van der Waals surface area contributed by atoms with Gasteiger partial charge >= 0.3 is 0 Å². The van der Waals surface area contributed by atoms with Crippen LogP contribution in [0.2, 0.25) is 5.02 Å². The fourth-order valence-electron chi connectivity index (χ4n) is 2.93. The quantitative estimate of drug-likeness (QED) is 0.203. The maximum absolute atomic E-state index is 6.18. The molecule has 0 amide bonds. The van der Waals surface area contributed by atoms with Crippen molar-refractivity contribution in [3.63, 3.8) is 0 Å². The minimum Gasteiger partial charge on any atom is -0.478 e. The van der Waals surface area contributed by atoms with Gasteiger partial charge in [0.15, 0.2) is 0 Å². The van der Waals surface area contributed by atoms with Gasteiger partial charge in [-0.25, -0.2) is 9.97 Å². The summed E-state index contributed by atoms with van der Waals surface area (Å²) in [4.78, 5) is 9.45. The summed E-state index contributed by atoms with van der Waals surface area (Å²) in [6.07, 6.45) is 2.09. The maximum atomic E-state index is 6.18. The highest BCUT2D eigenvalue weighted by molar-refractivity contribution is 6.31. The first-order valence-electron chi connectivity index (χ1n) is 9.70. The van der Waals surface area contributed by atoms with Crippen molar-refractivity contribution in [2.24, 2.45) is 0 Å². The summed E-state index contributed by atoms with van der Waals surface area (Å²) in [5, 5.41) is 8.60. The Labute approximate surface area is 200 Å². The van der Waals surface area contributed by atoms with Crippen molar-refractivity contribution in [3.8, 4) is 5.88 Å². The molecule has 1 aromatic carbocycles. The molecule has 0 saturated heterocycles. The van der Waals surface area contributed by atoms with Gasteiger partial charge in [-0.1, -0.05) is 24.9 Å². The molecule has 0 bridgehead atoms. The highest BCUT2D eigenvalue weighted by atomic mass is 35.5. The van der Waals surface area contributed by atoms with Crippen LogP contribution in [0.3, 0.4) is 0 Å². The molecule has 2 aromatic heterocycles. The number of pyridine rings is 2. The number of benzene rings is 1. The number of ether oxygens (including phenoxy) is 1. The molecule has 2 heterocycles. The second-order valence-corrected chi connectivity index (χ2v) is 7.96. The minimum atomic E-state index is 0. The van der Waals surface area contributed by atoms with E-state index in [0.29, 0.717) is 17.5 Å². The molecule has 9 heteroatoms. The van der Waals surface area contributed by atoms with Gasteiger partial charge in [-0.15, -0.1) is 36.4 Å². The average molecular weight is 494 g/mol. The van der Waals surface area contributed by atoms with Crippen molar-refractivity contribution in [2.75, 3.05) is 31.6 Å². The first-order valence-corrected chi connectivity index (χ1v) is 10.5. The van der Waals surface area contributed by atoms with Gasteiger partial charge in [-0.3, -0.25) is 0 Å². The van der Waals surface area contributed by atoms with E-state index in [0.717, 1.165) is 60.1 Å². The van der Waals surface area contributed by atoms with Crippen LogP contribution in [0.25, 0.3) is 21.9 Å². The summed E-state index contributed by atoms with van der Waals surface area (Å²) >= 11 is 12.2. The number of nitrogens with one attached hydrogen (secondary N) is 2. The van der Waals surface area contributed by atoms with E-state index in [1.54, 1.807) is 0 Å². The van der Waals surface area contributed by atoms with Gasteiger partial charge in [0.1, 0.15) is 5.52 Å². The second kappa shape index (κ2) is 13.2. The van der Waals surface area contributed by atoms with Gasteiger partial charge in [0, 0.05) is 41.5 Å². The molecule has 0 aliphatic heterocycles. The molecule has 30 heavy (non-hydrogen) atoms. The summed E-state index contributed by atoms with van der Waals surface area (Å²) in [5.74, 6) is 0.619. The molecule has 1 atom stereocenters. The van der Waals surface area contributed by atoms with Crippen LogP contribution in [0, 0.1) is 0 Å². The van der Waals surface area contributed by atoms with Crippen molar-refractivity contribution in [3.05, 3.63) is 35.4 Å². The molecule has 1 unspecified atom stereocenters. The van der Waals surface area contributed by atoms with E-state index in [-0.39, 0.29) is 30.2 Å². The predicted octanol–water partition coefficient (Wildman–Crippen LogP) is 6.09. The van der Waals surface area contributed by atoms with Crippen molar-refractivity contribution in [1.29, 1.82) is 0 Å². The molecule has 0 aliphatic rings. The number of hydrogen-bond acceptors (Lipinski definition) is 5. The first-order chi connectivity index (χ1) is 13.6. The zero-order chi connectivity index (χ0) is 19.9. The van der Waals surface area contributed by atoms with E-state index in [2.05, 4.69) is 17.6 Å². The number of aromatic nitrogens is 2. The van der Waals surface area contributed by atoms with Crippen molar-refractivity contribution >= 4 is 75.6 Å². The van der Waals surface area contributed by atoms with Crippen LogP contribution in [0.4, 0.5) is 5.69 Å². The molecule has 0 saturated carbocycles. The largest absolute Gasteiger partial charge is 0.478 e. The average Bonchev–Trinajstić information content (AvgIpc) is 2.67. The number of nitrogens with zero attached hydrogens (tertiary/aromatic N) is 2. The van der Waals surface area contributed by atoms with Crippen molar-refractivity contribution < 1.29 is 4.74 Å². The maximum Gasteiger partial charge on any atom is 0.213 e. The predicted molar refractivity (Wildman–Crippen MR) is 134 cm³/mol. The van der Waals surface area contributed by atoms with Crippen molar-refractivity contribution in [2.45, 2.75) is 32.1 Å². The summed E-state index contributed by atoms with van der Waals surface area (Å²) in [6.45, 7) is 7.07. The van der Waals surface area contributed by atoms with E-state index in [9.17, 15) is 0 Å². The van der Waals surface area contributed by atoms with Gasteiger partial charge in [0.05, 0.1) is 23.3 Å². The molecular weight excluding hydrogens is 466 g/mol. The lowest BCUT2D eigenvalue weighted by molar-refractivity contribution is 0.299. The number of anilines is 1. The molecule has 3 aromatic rings. The standard InChI is InChI=1S/C21H26Cl2N4O.2ClH/c1-3-4-11-28-19-8-7-17-21(27-19)20(25-10-9-24-13-14(2)22)16-6-5-15(23)12-18(16)26-17;;/h5-8,12,14,24H,3-4,9-11,13H2,1-2H3,(H,25,26);2*1H. The number of alkyl halides is 1. The van der Waals surface area contributed by atoms with Gasteiger partial charge in [0.2, 0.25) is 5.88 Å². The third kappa shape index (κ3) is 7.17. The lowest BCUT2D eigenvalue weighted by atomic mass is 10.1. The van der Waals surface area contributed by atoms with Crippen LogP contribution in [0.15, 0.2) is 30.3 Å². The molecular formula is C21H28Cl4N4O. The highest BCUT2D eigenvalue weighted by Gasteiger charge is 2.12. The van der Waals surface area contributed by atoms with E-state index < -0.39 is 0 Å². The topological polar surface area (TPSA) is 59.1 Å². The summed E-state index contributed by atoms with van der Waals surface area (Å²) < 4.78 is 5.80. The van der Waals surface area contributed by atoms with E-state index in [4.69, 9.17) is 37.9 Å². The molecule has 3 rings (SSSR count). The van der Waals surface area contributed by atoms with Crippen LogP contribution in [0.1, 0.15) is 26.7 Å². The summed E-state index contributed by atoms with van der Waals surface area (Å²) in [6, 6.07) is 9.54. The third-order valence-electron chi connectivity index (χ3n) is 4.33. The zero-order valence-corrected chi connectivity index (χ0v) is 20.2. The van der Waals surface area contributed by atoms with E-state index in [1.807, 2.05) is 37.3 Å². The smallest absolute Gasteiger partial charge is 0.213 e. The molecule has 2 N–H and O–H groups in total. The van der Waals surface area contributed by atoms with Crippen LogP contribution >= 0.6 is 48.0 Å². The summed E-state index contributed by atoms with van der Waals surface area (Å²) in [7, 11) is 0. The Kier molecular flexibility index (Phi) is 11.8. The first kappa shape index (κ1) is 26.8. The Morgan fingerprint density at radius 2 is 1.87 bits per heavy atom. The van der Waals surface area contributed by atoms with Crippen LogP contribution in [-0.4, -0.2) is 41.6 Å². The normalized spacial score (nSPS) is 11.6. The lowest BCUT2D eigenvalue weighted by Crippen LogP contribution is -2.27. The Bertz CT molecular complexity index is 940. The third-order valence-corrected chi connectivity index (χ3v) is 4.72. The second-order valence-electron chi connectivity index (χ2n) is 6.78. The van der Waals surface area contributed by atoms with E-state index in [1.165, 1.54) is 0 Å². The molecule has 5 nitrogen and oxygen atoms in total. The number of hydrogen-bond donors (Lipinski definition) is 2. The van der Waals surface area contributed by atoms with E-state index >= 15 is 0 Å². The Hall–Kier alpha value is -1.24. The molecule has 166 valence electrons. The van der Waals surface area contributed by atoms with Crippen LogP contribution in [-0.2, 0) is 0 Å². The highest BCUT2D eigenvalue weighted by Crippen LogP contribution is 2.32. The Morgan fingerprint density at radius 3 is 2.60 bits per heavy atom. The minimum absolute atomic E-state index is 0. The fraction of sp³-hybridized carbons (Fsp3) is 0.429. The zero-order valence-electron chi connectivity index (χ0n) is 17.1. The Morgan fingerprint density at radius 1 is 1.07 bits per heavy atom. The molecule has 0 aliphatic carbocycles. The molecule has 0 spiro atoms. The Balaban J connectivity index is 0.00000225. The fourth-order valence-corrected chi connectivity index (χ4v) is 3.21.